The number of hydrogen-bond acceptors (Lipinski definition) is 5. The number of carbonyl (C=O) groups excluding carboxylic acids is 1. The van der Waals surface area contributed by atoms with E-state index in [1.54, 1.807) is 19.1 Å². The van der Waals surface area contributed by atoms with E-state index in [-0.39, 0.29) is 35.1 Å². The number of H-pyrrole nitrogens is 1. The number of amides is 1. The third-order valence-corrected chi connectivity index (χ3v) is 5.45. The van der Waals surface area contributed by atoms with E-state index in [1.807, 2.05) is 6.92 Å². The highest BCUT2D eigenvalue weighted by atomic mass is 32.2. The number of benzene rings is 1. The lowest BCUT2D eigenvalue weighted by molar-refractivity contribution is 0.0672. The fourth-order valence-corrected chi connectivity index (χ4v) is 3.51. The van der Waals surface area contributed by atoms with Gasteiger partial charge in [0, 0.05) is 13.1 Å². The third-order valence-electron chi connectivity index (χ3n) is 3.73. The number of aromatic amines is 1. The number of imidazole rings is 1. The largest absolute Gasteiger partial charge is 0.477 e. The van der Waals surface area contributed by atoms with E-state index in [0.717, 1.165) is 11.9 Å². The van der Waals surface area contributed by atoms with Crippen LogP contribution in [0.5, 0.6) is 0 Å². The zero-order valence-electron chi connectivity index (χ0n) is 13.9. The molecule has 0 aliphatic heterocycles. The van der Waals surface area contributed by atoms with Crippen LogP contribution in [0.4, 0.5) is 0 Å². The van der Waals surface area contributed by atoms with Crippen molar-refractivity contribution in [2.45, 2.75) is 18.7 Å². The molecule has 0 radical (unpaired) electrons. The van der Waals surface area contributed by atoms with Crippen molar-refractivity contribution in [3.8, 4) is 0 Å². The van der Waals surface area contributed by atoms with E-state index >= 15 is 0 Å². The number of carboxylic acid groups (broad SMARTS) is 1. The van der Waals surface area contributed by atoms with Gasteiger partial charge in [-0.3, -0.25) is 4.79 Å². The van der Waals surface area contributed by atoms with Gasteiger partial charge in [0.2, 0.25) is 0 Å². The van der Waals surface area contributed by atoms with Crippen molar-refractivity contribution >= 4 is 21.7 Å². The molecule has 2 rings (SSSR count). The van der Waals surface area contributed by atoms with Gasteiger partial charge in [0.05, 0.1) is 17.0 Å². The monoisotopic (exact) mass is 365 g/mol. The van der Waals surface area contributed by atoms with Crippen LogP contribution in [0.1, 0.15) is 33.5 Å². The van der Waals surface area contributed by atoms with E-state index in [0.29, 0.717) is 0 Å². The first kappa shape index (κ1) is 18.7. The van der Waals surface area contributed by atoms with Crippen LogP contribution in [0.2, 0.25) is 0 Å². The van der Waals surface area contributed by atoms with Gasteiger partial charge >= 0.3 is 5.97 Å². The lowest BCUT2D eigenvalue weighted by Crippen LogP contribution is -2.36. The summed E-state index contributed by atoms with van der Waals surface area (Å²) < 4.78 is 24.8. The second-order valence-corrected chi connectivity index (χ2v) is 7.56. The molecule has 0 aliphatic carbocycles. The molecule has 0 atom stereocenters. The Morgan fingerprint density at radius 3 is 2.44 bits per heavy atom. The van der Waals surface area contributed by atoms with Gasteiger partial charge in [-0.1, -0.05) is 17.7 Å². The van der Waals surface area contributed by atoms with Crippen LogP contribution < -0.4 is 0 Å². The first-order valence-corrected chi connectivity index (χ1v) is 9.27. The van der Waals surface area contributed by atoms with Gasteiger partial charge < -0.3 is 15.0 Å². The summed E-state index contributed by atoms with van der Waals surface area (Å²) in [5, 5.41) is 9.05. The fraction of sp³-hybridized carbons (Fsp3) is 0.312. The summed E-state index contributed by atoms with van der Waals surface area (Å²) in [7, 11) is -3.55. The highest BCUT2D eigenvalue weighted by Crippen LogP contribution is 2.13. The molecule has 0 aliphatic rings. The maximum atomic E-state index is 12.4. The Bertz CT molecular complexity index is 871. The predicted octanol–water partition coefficient (Wildman–Crippen LogP) is 1.35. The second-order valence-electron chi connectivity index (χ2n) is 5.45. The highest BCUT2D eigenvalue weighted by Gasteiger charge is 2.25. The van der Waals surface area contributed by atoms with E-state index in [1.165, 1.54) is 17.0 Å². The molecule has 1 aromatic heterocycles. The van der Waals surface area contributed by atoms with Gasteiger partial charge in [-0.05, 0) is 26.0 Å². The minimum absolute atomic E-state index is 0.0581. The van der Waals surface area contributed by atoms with Gasteiger partial charge in [0.15, 0.2) is 21.2 Å². The van der Waals surface area contributed by atoms with Gasteiger partial charge in [-0.25, -0.2) is 18.2 Å². The number of carboxylic acids is 1. The fourth-order valence-electron chi connectivity index (χ4n) is 2.27. The molecule has 1 amide bonds. The third kappa shape index (κ3) is 4.24. The summed E-state index contributed by atoms with van der Waals surface area (Å²) >= 11 is 0. The molecular formula is C16H19N3O5S. The molecule has 9 heteroatoms. The molecule has 0 bridgehead atoms. The zero-order chi connectivity index (χ0) is 18.6. The van der Waals surface area contributed by atoms with Gasteiger partial charge in [0.25, 0.3) is 5.91 Å². The molecule has 0 saturated heterocycles. The topological polar surface area (TPSA) is 120 Å². The maximum Gasteiger partial charge on any atom is 0.354 e. The van der Waals surface area contributed by atoms with Crippen molar-refractivity contribution in [2.24, 2.45) is 0 Å². The van der Waals surface area contributed by atoms with Crippen molar-refractivity contribution in [3.63, 3.8) is 0 Å². The number of aromatic nitrogens is 2. The van der Waals surface area contributed by atoms with Crippen molar-refractivity contribution in [3.05, 3.63) is 47.5 Å². The molecule has 0 saturated carbocycles. The number of sulfone groups is 1. The van der Waals surface area contributed by atoms with Crippen LogP contribution in [-0.2, 0) is 9.84 Å². The molecule has 0 fully saturated rings. The summed E-state index contributed by atoms with van der Waals surface area (Å²) in [5.41, 5.74) is 0.399. The van der Waals surface area contributed by atoms with E-state index < -0.39 is 21.7 Å². The lowest BCUT2D eigenvalue weighted by atomic mass is 10.2. The van der Waals surface area contributed by atoms with Crippen LogP contribution in [0, 0.1) is 6.92 Å². The Balaban J connectivity index is 2.14. The van der Waals surface area contributed by atoms with Crippen molar-refractivity contribution < 1.29 is 23.1 Å². The van der Waals surface area contributed by atoms with Gasteiger partial charge in [0.1, 0.15) is 0 Å². The number of aromatic carboxylic acids is 1. The average Bonchev–Trinajstić information content (AvgIpc) is 3.05. The van der Waals surface area contributed by atoms with Crippen LogP contribution in [0.3, 0.4) is 0 Å². The number of hydrogen-bond donors (Lipinski definition) is 2. The molecule has 0 spiro atoms. The molecule has 25 heavy (non-hydrogen) atoms. The molecule has 8 nitrogen and oxygen atoms in total. The highest BCUT2D eigenvalue weighted by molar-refractivity contribution is 7.91. The summed E-state index contributed by atoms with van der Waals surface area (Å²) in [4.78, 5) is 31.1. The van der Waals surface area contributed by atoms with E-state index in [4.69, 9.17) is 5.11 Å². The number of rotatable bonds is 7. The molecular weight excluding hydrogens is 346 g/mol. The summed E-state index contributed by atoms with van der Waals surface area (Å²) in [5.74, 6) is -2.19. The molecule has 1 heterocycles. The van der Waals surface area contributed by atoms with Crippen LogP contribution in [0.25, 0.3) is 0 Å². The first-order valence-electron chi connectivity index (χ1n) is 7.61. The Hall–Kier alpha value is -2.68. The Morgan fingerprint density at radius 1 is 1.24 bits per heavy atom. The SMILES string of the molecule is CCN(CCS(=O)(=O)c1ccc(C)cc1)C(=O)c1nc[nH]c1C(=O)O. The van der Waals surface area contributed by atoms with Crippen LogP contribution >= 0.6 is 0 Å². The predicted molar refractivity (Wildman–Crippen MR) is 90.4 cm³/mol. The Kier molecular flexibility index (Phi) is 5.58. The van der Waals surface area contributed by atoms with Gasteiger partial charge in [-0.2, -0.15) is 0 Å². The molecule has 0 unspecified atom stereocenters. The number of nitrogens with zero attached hydrogens (tertiary/aromatic N) is 2. The van der Waals surface area contributed by atoms with E-state index in [9.17, 15) is 18.0 Å². The average molecular weight is 365 g/mol. The molecule has 2 aromatic rings. The second kappa shape index (κ2) is 7.47. The Morgan fingerprint density at radius 2 is 1.88 bits per heavy atom. The molecule has 2 N–H and O–H groups in total. The molecule has 134 valence electrons. The molecule has 1 aromatic carbocycles. The number of carbonyl (C=O) groups is 2. The van der Waals surface area contributed by atoms with Crippen LogP contribution in [0.15, 0.2) is 35.5 Å². The summed E-state index contributed by atoms with van der Waals surface area (Å²) in [6.45, 7) is 3.72. The van der Waals surface area contributed by atoms with Crippen molar-refractivity contribution in [1.82, 2.24) is 14.9 Å². The normalized spacial score (nSPS) is 11.3. The van der Waals surface area contributed by atoms with Gasteiger partial charge in [-0.15, -0.1) is 0 Å². The maximum absolute atomic E-state index is 12.4. The minimum atomic E-state index is -3.55. The first-order chi connectivity index (χ1) is 11.8. The summed E-state index contributed by atoms with van der Waals surface area (Å²) in [6, 6.07) is 6.47. The van der Waals surface area contributed by atoms with Crippen molar-refractivity contribution in [1.29, 1.82) is 0 Å². The zero-order valence-corrected chi connectivity index (χ0v) is 14.7. The van der Waals surface area contributed by atoms with Crippen molar-refractivity contribution in [2.75, 3.05) is 18.8 Å². The standard InChI is InChI=1S/C16H19N3O5S/c1-3-19(15(20)13-14(16(21)22)18-10-17-13)8-9-25(23,24)12-6-4-11(2)5-7-12/h4-7,10H,3,8-9H2,1-2H3,(H,17,18)(H,21,22). The number of aryl methyl sites for hydroxylation is 1. The Labute approximate surface area is 145 Å². The van der Waals surface area contributed by atoms with Crippen LogP contribution in [-0.4, -0.2) is 59.1 Å². The smallest absolute Gasteiger partial charge is 0.354 e. The van der Waals surface area contributed by atoms with E-state index in [2.05, 4.69) is 9.97 Å². The number of nitrogens with one attached hydrogen (secondary N) is 1. The quantitative estimate of drug-likeness (QED) is 0.764. The lowest BCUT2D eigenvalue weighted by Gasteiger charge is -2.20. The minimum Gasteiger partial charge on any atom is -0.477 e. The summed E-state index contributed by atoms with van der Waals surface area (Å²) in [6.07, 6.45) is 1.12.